The van der Waals surface area contributed by atoms with Crippen molar-refractivity contribution in [3.63, 3.8) is 0 Å². The average molecular weight is 469 g/mol. The molecule has 1 aliphatic carbocycles. The minimum atomic E-state index is -3.68. The monoisotopic (exact) mass is 468 g/mol. The van der Waals surface area contributed by atoms with Crippen molar-refractivity contribution >= 4 is 27.6 Å². The van der Waals surface area contributed by atoms with Gasteiger partial charge < -0.3 is 10.1 Å². The highest BCUT2D eigenvalue weighted by Crippen LogP contribution is 2.28. The second-order valence-electron chi connectivity index (χ2n) is 7.69. The van der Waals surface area contributed by atoms with Gasteiger partial charge in [-0.05, 0) is 68.1 Å². The number of carbonyl (C=O) groups excluding carboxylic acids is 2. The fraction of sp³-hybridized carbons (Fsp3) is 0.261. The molecule has 0 unspecified atom stereocenters. The Bertz CT molecular complexity index is 1280. The van der Waals surface area contributed by atoms with Gasteiger partial charge in [0.05, 0.1) is 17.2 Å². The number of nitrogens with zero attached hydrogens (tertiary/aromatic N) is 2. The van der Waals surface area contributed by atoms with Crippen LogP contribution in [-0.2, 0) is 14.8 Å². The van der Waals surface area contributed by atoms with Gasteiger partial charge in [-0.1, -0.05) is 12.1 Å². The summed E-state index contributed by atoms with van der Waals surface area (Å²) in [6, 6.07) is 14.4. The van der Waals surface area contributed by atoms with Crippen molar-refractivity contribution < 1.29 is 22.7 Å². The lowest BCUT2D eigenvalue weighted by Crippen LogP contribution is -2.26. The van der Waals surface area contributed by atoms with E-state index in [0.29, 0.717) is 23.8 Å². The zero-order valence-corrected chi connectivity index (χ0v) is 18.8. The smallest absolute Gasteiger partial charge is 0.358 e. The van der Waals surface area contributed by atoms with Crippen LogP contribution < -0.4 is 10.0 Å². The highest BCUT2D eigenvalue weighted by Gasteiger charge is 2.24. The molecule has 2 N–H and O–H groups in total. The van der Waals surface area contributed by atoms with E-state index in [-0.39, 0.29) is 22.8 Å². The molecule has 1 aliphatic rings. The topological polar surface area (TPSA) is 119 Å². The third kappa shape index (κ3) is 5.65. The Morgan fingerprint density at radius 1 is 1.12 bits per heavy atom. The van der Waals surface area contributed by atoms with Crippen LogP contribution >= 0.6 is 0 Å². The standard InChI is InChI=1S/C23H24N4O5S/c1-2-32-23(29)21-11-12-27(26-21)19-7-4-6-18(14-19)25-22(28)17-5-3-8-20(13-17)33(30,31)24-15-16-9-10-16/h3-8,11-14,16,24H,2,9-10,15H2,1H3,(H,25,28). The lowest BCUT2D eigenvalue weighted by atomic mass is 10.2. The van der Waals surface area contributed by atoms with Gasteiger partial charge in [-0.25, -0.2) is 22.6 Å². The number of ether oxygens (including phenoxy) is 1. The molecule has 9 nitrogen and oxygen atoms in total. The zero-order chi connectivity index (χ0) is 23.4. The summed E-state index contributed by atoms with van der Waals surface area (Å²) in [6.45, 7) is 2.39. The molecule has 33 heavy (non-hydrogen) atoms. The van der Waals surface area contributed by atoms with Gasteiger partial charge in [0.25, 0.3) is 5.91 Å². The number of hydrogen-bond acceptors (Lipinski definition) is 6. The summed E-state index contributed by atoms with van der Waals surface area (Å²) < 4.78 is 34.1. The third-order valence-corrected chi connectivity index (χ3v) is 6.53. The fourth-order valence-electron chi connectivity index (χ4n) is 3.15. The number of aromatic nitrogens is 2. The summed E-state index contributed by atoms with van der Waals surface area (Å²) in [5, 5.41) is 6.98. The second-order valence-corrected chi connectivity index (χ2v) is 9.46. The quantitative estimate of drug-likeness (QED) is 0.466. The Balaban J connectivity index is 1.47. The number of anilines is 1. The summed E-state index contributed by atoms with van der Waals surface area (Å²) in [5.74, 6) is -0.553. The summed E-state index contributed by atoms with van der Waals surface area (Å²) in [4.78, 5) is 24.7. The van der Waals surface area contributed by atoms with Crippen LogP contribution in [0.15, 0.2) is 65.7 Å². The number of hydrogen-bond donors (Lipinski definition) is 2. The molecule has 172 valence electrons. The molecule has 3 aromatic rings. The lowest BCUT2D eigenvalue weighted by molar-refractivity contribution is 0.0519. The van der Waals surface area contributed by atoms with Crippen molar-refractivity contribution in [2.45, 2.75) is 24.7 Å². The minimum absolute atomic E-state index is 0.0487. The van der Waals surface area contributed by atoms with E-state index in [9.17, 15) is 18.0 Å². The molecular weight excluding hydrogens is 444 g/mol. The number of nitrogens with one attached hydrogen (secondary N) is 2. The lowest BCUT2D eigenvalue weighted by Gasteiger charge is -2.10. The molecule has 1 heterocycles. The summed E-state index contributed by atoms with van der Waals surface area (Å²) in [5.41, 5.74) is 1.52. The Morgan fingerprint density at radius 2 is 1.91 bits per heavy atom. The first-order valence-electron chi connectivity index (χ1n) is 10.6. The van der Waals surface area contributed by atoms with Crippen molar-refractivity contribution in [1.29, 1.82) is 0 Å². The van der Waals surface area contributed by atoms with Crippen molar-refractivity contribution in [2.24, 2.45) is 5.92 Å². The van der Waals surface area contributed by atoms with E-state index in [1.54, 1.807) is 49.5 Å². The molecule has 1 saturated carbocycles. The number of sulfonamides is 1. The largest absolute Gasteiger partial charge is 0.461 e. The van der Waals surface area contributed by atoms with Crippen molar-refractivity contribution in [3.8, 4) is 5.69 Å². The van der Waals surface area contributed by atoms with Gasteiger partial charge in [-0.15, -0.1) is 0 Å². The molecule has 2 aromatic carbocycles. The van der Waals surface area contributed by atoms with Crippen LogP contribution in [0.1, 0.15) is 40.6 Å². The van der Waals surface area contributed by atoms with E-state index in [4.69, 9.17) is 4.74 Å². The summed E-state index contributed by atoms with van der Waals surface area (Å²) in [6.07, 6.45) is 3.69. The molecule has 1 fully saturated rings. The van der Waals surface area contributed by atoms with Crippen LogP contribution in [0, 0.1) is 5.92 Å². The van der Waals surface area contributed by atoms with E-state index in [0.717, 1.165) is 12.8 Å². The van der Waals surface area contributed by atoms with Crippen LogP contribution in [0.4, 0.5) is 5.69 Å². The summed E-state index contributed by atoms with van der Waals surface area (Å²) >= 11 is 0. The molecule has 0 radical (unpaired) electrons. The Morgan fingerprint density at radius 3 is 2.67 bits per heavy atom. The van der Waals surface area contributed by atoms with Crippen molar-refractivity contribution in [1.82, 2.24) is 14.5 Å². The number of amides is 1. The maximum Gasteiger partial charge on any atom is 0.358 e. The normalized spacial score (nSPS) is 13.5. The predicted molar refractivity (Wildman–Crippen MR) is 122 cm³/mol. The maximum absolute atomic E-state index is 12.8. The van der Waals surface area contributed by atoms with Gasteiger partial charge in [-0.3, -0.25) is 4.79 Å². The molecule has 0 bridgehead atoms. The molecule has 0 saturated heterocycles. The predicted octanol–water partition coefficient (Wildman–Crippen LogP) is 2.99. The number of benzene rings is 2. The van der Waals surface area contributed by atoms with Crippen LogP contribution in [0.25, 0.3) is 5.69 Å². The van der Waals surface area contributed by atoms with E-state index >= 15 is 0 Å². The van der Waals surface area contributed by atoms with E-state index in [1.165, 1.54) is 22.9 Å². The van der Waals surface area contributed by atoms with Crippen LogP contribution in [0.3, 0.4) is 0 Å². The first-order valence-corrected chi connectivity index (χ1v) is 12.1. The van der Waals surface area contributed by atoms with E-state index < -0.39 is 21.9 Å². The van der Waals surface area contributed by atoms with Gasteiger partial charge in [0.15, 0.2) is 5.69 Å². The zero-order valence-electron chi connectivity index (χ0n) is 18.0. The summed E-state index contributed by atoms with van der Waals surface area (Å²) in [7, 11) is -3.68. The molecular formula is C23H24N4O5S. The SMILES string of the molecule is CCOC(=O)c1ccn(-c2cccc(NC(=O)c3cccc(S(=O)(=O)NCC4CC4)c3)c2)n1. The second kappa shape index (κ2) is 9.55. The third-order valence-electron chi connectivity index (χ3n) is 5.11. The molecule has 1 aromatic heterocycles. The Hall–Kier alpha value is -3.50. The van der Waals surface area contributed by atoms with E-state index in [1.807, 2.05) is 0 Å². The van der Waals surface area contributed by atoms with Gasteiger partial charge in [0, 0.05) is 24.0 Å². The molecule has 0 atom stereocenters. The van der Waals surface area contributed by atoms with Crippen LogP contribution in [0.5, 0.6) is 0 Å². The first kappa shape index (κ1) is 22.7. The van der Waals surface area contributed by atoms with Crippen LogP contribution in [0.2, 0.25) is 0 Å². The molecule has 10 heteroatoms. The fourth-order valence-corrected chi connectivity index (χ4v) is 4.31. The first-order chi connectivity index (χ1) is 15.9. The van der Waals surface area contributed by atoms with E-state index in [2.05, 4.69) is 15.1 Å². The highest BCUT2D eigenvalue weighted by molar-refractivity contribution is 7.89. The highest BCUT2D eigenvalue weighted by atomic mass is 32.2. The van der Waals surface area contributed by atoms with Gasteiger partial charge >= 0.3 is 5.97 Å². The molecule has 0 spiro atoms. The van der Waals surface area contributed by atoms with Crippen molar-refractivity contribution in [3.05, 3.63) is 72.1 Å². The molecule has 4 rings (SSSR count). The number of carbonyl (C=O) groups is 2. The molecule has 1 amide bonds. The van der Waals surface area contributed by atoms with Gasteiger partial charge in [0.2, 0.25) is 10.0 Å². The minimum Gasteiger partial charge on any atom is -0.461 e. The Kier molecular flexibility index (Phi) is 6.57. The molecule has 0 aliphatic heterocycles. The van der Waals surface area contributed by atoms with Gasteiger partial charge in [-0.2, -0.15) is 5.10 Å². The maximum atomic E-state index is 12.8. The van der Waals surface area contributed by atoms with Crippen molar-refractivity contribution in [2.75, 3.05) is 18.5 Å². The number of rotatable bonds is 9. The Labute approximate surface area is 191 Å². The van der Waals surface area contributed by atoms with Gasteiger partial charge in [0.1, 0.15) is 0 Å². The van der Waals surface area contributed by atoms with Crippen LogP contribution in [-0.4, -0.2) is 43.2 Å². The number of esters is 1. The average Bonchev–Trinajstić information content (AvgIpc) is 3.51.